The van der Waals surface area contributed by atoms with E-state index in [1.807, 2.05) is 22.9 Å². The molecule has 2 aromatic heterocycles. The van der Waals surface area contributed by atoms with Gasteiger partial charge < -0.3 is 9.88 Å². The van der Waals surface area contributed by atoms with Gasteiger partial charge in [-0.1, -0.05) is 0 Å². The van der Waals surface area contributed by atoms with Crippen LogP contribution in [0.5, 0.6) is 0 Å². The molecule has 94 valence electrons. The molecule has 0 radical (unpaired) electrons. The first-order chi connectivity index (χ1) is 9.33. The molecule has 3 rings (SSSR count). The average Bonchev–Trinajstić information content (AvgIpc) is 3.12. The highest BCUT2D eigenvalue weighted by atomic mass is 16.1. The summed E-state index contributed by atoms with van der Waals surface area (Å²) in [6, 6.07) is 7.27. The summed E-state index contributed by atoms with van der Waals surface area (Å²) < 4.78 is 1.87. The van der Waals surface area contributed by atoms with Crippen molar-refractivity contribution in [3.05, 3.63) is 60.9 Å². The predicted octanol–water partition coefficient (Wildman–Crippen LogP) is 1.85. The molecule has 0 fully saturated rings. The molecule has 0 saturated carbocycles. The largest absolute Gasteiger partial charge is 0.319 e. The van der Waals surface area contributed by atoms with E-state index >= 15 is 0 Å². The average molecular weight is 253 g/mol. The number of anilines is 1. The van der Waals surface area contributed by atoms with Crippen LogP contribution in [0.15, 0.2) is 55.4 Å². The van der Waals surface area contributed by atoms with Crippen molar-refractivity contribution in [3.8, 4) is 5.69 Å². The van der Waals surface area contributed by atoms with Crippen molar-refractivity contribution in [2.75, 3.05) is 5.32 Å². The zero-order valence-corrected chi connectivity index (χ0v) is 9.95. The van der Waals surface area contributed by atoms with Crippen molar-refractivity contribution in [1.29, 1.82) is 0 Å². The molecule has 0 aliphatic carbocycles. The van der Waals surface area contributed by atoms with Crippen molar-refractivity contribution >= 4 is 11.6 Å². The highest BCUT2D eigenvalue weighted by Gasteiger charge is 2.06. The Morgan fingerprint density at radius 3 is 2.74 bits per heavy atom. The second kappa shape index (κ2) is 4.77. The molecule has 0 aliphatic heterocycles. The van der Waals surface area contributed by atoms with Gasteiger partial charge in [-0.3, -0.25) is 9.89 Å². The monoisotopic (exact) mass is 253 g/mol. The zero-order valence-electron chi connectivity index (χ0n) is 9.95. The number of carbonyl (C=O) groups is 1. The number of rotatable bonds is 3. The number of hydrogen-bond acceptors (Lipinski definition) is 3. The van der Waals surface area contributed by atoms with Gasteiger partial charge in [-0.15, -0.1) is 0 Å². The molecular formula is C13H11N5O. The molecule has 3 aromatic rings. The van der Waals surface area contributed by atoms with Gasteiger partial charge in [0.25, 0.3) is 5.91 Å². The van der Waals surface area contributed by atoms with E-state index in [0.29, 0.717) is 11.3 Å². The normalized spacial score (nSPS) is 10.3. The number of nitrogens with zero attached hydrogens (tertiary/aromatic N) is 3. The summed E-state index contributed by atoms with van der Waals surface area (Å²) in [4.78, 5) is 15.9. The predicted molar refractivity (Wildman–Crippen MR) is 70.1 cm³/mol. The SMILES string of the molecule is O=C(Nc1cn[nH]c1)c1ccc(-n2ccnc2)cc1. The van der Waals surface area contributed by atoms with Crippen LogP contribution in [0, 0.1) is 0 Å². The molecule has 2 heterocycles. The molecule has 0 spiro atoms. The van der Waals surface area contributed by atoms with Gasteiger partial charge in [0.15, 0.2) is 0 Å². The van der Waals surface area contributed by atoms with Gasteiger partial charge in [0, 0.05) is 29.8 Å². The van der Waals surface area contributed by atoms with E-state index in [1.165, 1.54) is 0 Å². The highest BCUT2D eigenvalue weighted by Crippen LogP contribution is 2.11. The molecule has 0 atom stereocenters. The number of carbonyl (C=O) groups excluding carboxylic acids is 1. The maximum absolute atomic E-state index is 11.9. The molecule has 1 amide bonds. The standard InChI is InChI=1S/C13H11N5O/c19-13(17-11-7-15-16-8-11)10-1-3-12(4-2-10)18-6-5-14-9-18/h1-9H,(H,15,16)(H,17,19). The Balaban J connectivity index is 1.77. The fraction of sp³-hybridized carbons (Fsp3) is 0. The Morgan fingerprint density at radius 2 is 2.11 bits per heavy atom. The molecule has 1 aromatic carbocycles. The van der Waals surface area contributed by atoms with Gasteiger partial charge >= 0.3 is 0 Å². The smallest absolute Gasteiger partial charge is 0.255 e. The number of nitrogens with one attached hydrogen (secondary N) is 2. The summed E-state index contributed by atoms with van der Waals surface area (Å²) >= 11 is 0. The fourth-order valence-electron chi connectivity index (χ4n) is 1.72. The number of imidazole rings is 1. The maximum atomic E-state index is 11.9. The van der Waals surface area contributed by atoms with E-state index in [9.17, 15) is 4.79 Å². The summed E-state index contributed by atoms with van der Waals surface area (Å²) in [6.45, 7) is 0. The van der Waals surface area contributed by atoms with Gasteiger partial charge in [0.1, 0.15) is 0 Å². The second-order valence-electron chi connectivity index (χ2n) is 3.96. The zero-order chi connectivity index (χ0) is 13.1. The Labute approximate surface area is 109 Å². The minimum atomic E-state index is -0.168. The Bertz CT molecular complexity index is 656. The molecule has 0 bridgehead atoms. The number of aromatic amines is 1. The van der Waals surface area contributed by atoms with Gasteiger partial charge in [0.05, 0.1) is 18.2 Å². The summed E-state index contributed by atoms with van der Waals surface area (Å²) in [7, 11) is 0. The van der Waals surface area contributed by atoms with Crippen LogP contribution in [-0.4, -0.2) is 25.7 Å². The van der Waals surface area contributed by atoms with Crippen LogP contribution < -0.4 is 5.32 Å². The summed E-state index contributed by atoms with van der Waals surface area (Å²) in [6.07, 6.45) is 8.44. The Kier molecular flexibility index (Phi) is 2.82. The molecule has 0 unspecified atom stereocenters. The number of amides is 1. The third kappa shape index (κ3) is 2.37. The van der Waals surface area contributed by atoms with Crippen molar-refractivity contribution in [3.63, 3.8) is 0 Å². The quantitative estimate of drug-likeness (QED) is 0.748. The highest BCUT2D eigenvalue weighted by molar-refractivity contribution is 6.04. The number of aromatic nitrogens is 4. The second-order valence-corrected chi connectivity index (χ2v) is 3.96. The van der Waals surface area contributed by atoms with Crippen molar-refractivity contribution < 1.29 is 4.79 Å². The lowest BCUT2D eigenvalue weighted by molar-refractivity contribution is 0.102. The Hall–Kier alpha value is -2.89. The van der Waals surface area contributed by atoms with Crippen molar-refractivity contribution in [1.82, 2.24) is 19.7 Å². The van der Waals surface area contributed by atoms with E-state index in [-0.39, 0.29) is 5.91 Å². The lowest BCUT2D eigenvalue weighted by atomic mass is 10.2. The van der Waals surface area contributed by atoms with Gasteiger partial charge in [-0.2, -0.15) is 5.10 Å². The van der Waals surface area contributed by atoms with Crippen LogP contribution in [0.1, 0.15) is 10.4 Å². The minimum absolute atomic E-state index is 0.168. The van der Waals surface area contributed by atoms with E-state index in [2.05, 4.69) is 20.5 Å². The van der Waals surface area contributed by atoms with E-state index in [4.69, 9.17) is 0 Å². The molecule has 6 nitrogen and oxygen atoms in total. The molecule has 0 aliphatic rings. The maximum Gasteiger partial charge on any atom is 0.255 e. The summed E-state index contributed by atoms with van der Waals surface area (Å²) in [5.74, 6) is -0.168. The van der Waals surface area contributed by atoms with E-state index in [0.717, 1.165) is 5.69 Å². The molecular weight excluding hydrogens is 242 g/mol. The third-order valence-electron chi connectivity index (χ3n) is 2.69. The molecule has 19 heavy (non-hydrogen) atoms. The lowest BCUT2D eigenvalue weighted by Gasteiger charge is -2.05. The number of hydrogen-bond donors (Lipinski definition) is 2. The van der Waals surface area contributed by atoms with Crippen molar-refractivity contribution in [2.45, 2.75) is 0 Å². The first kappa shape index (κ1) is 11.2. The third-order valence-corrected chi connectivity index (χ3v) is 2.69. The number of H-pyrrole nitrogens is 1. The van der Waals surface area contributed by atoms with Crippen LogP contribution >= 0.6 is 0 Å². The Morgan fingerprint density at radius 1 is 1.26 bits per heavy atom. The van der Waals surface area contributed by atoms with Gasteiger partial charge in [-0.25, -0.2) is 4.98 Å². The van der Waals surface area contributed by atoms with Crippen LogP contribution in [-0.2, 0) is 0 Å². The lowest BCUT2D eigenvalue weighted by Crippen LogP contribution is -2.11. The van der Waals surface area contributed by atoms with Gasteiger partial charge in [-0.05, 0) is 24.3 Å². The van der Waals surface area contributed by atoms with Crippen LogP contribution in [0.2, 0.25) is 0 Å². The molecule has 2 N–H and O–H groups in total. The summed E-state index contributed by atoms with van der Waals surface area (Å²) in [5, 5.41) is 9.15. The topological polar surface area (TPSA) is 75.6 Å². The first-order valence-corrected chi connectivity index (χ1v) is 5.71. The van der Waals surface area contributed by atoms with Crippen LogP contribution in [0.25, 0.3) is 5.69 Å². The molecule has 6 heteroatoms. The van der Waals surface area contributed by atoms with E-state index in [1.54, 1.807) is 37.1 Å². The van der Waals surface area contributed by atoms with Gasteiger partial charge in [0.2, 0.25) is 0 Å². The van der Waals surface area contributed by atoms with Crippen LogP contribution in [0.3, 0.4) is 0 Å². The summed E-state index contributed by atoms with van der Waals surface area (Å²) in [5.41, 5.74) is 2.19. The number of benzene rings is 1. The van der Waals surface area contributed by atoms with Crippen molar-refractivity contribution in [2.24, 2.45) is 0 Å². The van der Waals surface area contributed by atoms with Crippen LogP contribution in [0.4, 0.5) is 5.69 Å². The van der Waals surface area contributed by atoms with E-state index < -0.39 is 0 Å². The minimum Gasteiger partial charge on any atom is -0.319 e. The molecule has 0 saturated heterocycles. The first-order valence-electron chi connectivity index (χ1n) is 5.71. The fourth-order valence-corrected chi connectivity index (χ4v) is 1.72.